The van der Waals surface area contributed by atoms with E-state index >= 15 is 0 Å². The van der Waals surface area contributed by atoms with Crippen LogP contribution < -0.4 is 5.32 Å². The Balaban J connectivity index is 2.11. The van der Waals surface area contributed by atoms with Gasteiger partial charge < -0.3 is 19.2 Å². The Morgan fingerprint density at radius 3 is 2.90 bits per heavy atom. The molecule has 110 valence electrons. The summed E-state index contributed by atoms with van der Waals surface area (Å²) in [4.78, 5) is 4.68. The molecule has 2 aromatic rings. The van der Waals surface area contributed by atoms with Crippen LogP contribution in [0.1, 0.15) is 5.69 Å². The number of rotatable bonds is 9. The summed E-state index contributed by atoms with van der Waals surface area (Å²) in [5.41, 5.74) is 2.17. The Bertz CT molecular complexity index is 530. The molecule has 0 bridgehead atoms. The van der Waals surface area contributed by atoms with Crippen LogP contribution in [-0.4, -0.2) is 49.1 Å². The monoisotopic (exact) mass is 295 g/mol. The number of ether oxygens (including phenoxy) is 2. The third-order valence-corrected chi connectivity index (χ3v) is 3.86. The number of nitrogens with one attached hydrogen (secondary N) is 1. The Labute approximate surface area is 123 Å². The third-order valence-electron chi connectivity index (χ3n) is 2.89. The minimum atomic E-state index is 0.711. The van der Waals surface area contributed by atoms with Crippen molar-refractivity contribution in [1.29, 1.82) is 0 Å². The molecule has 5 nitrogen and oxygen atoms in total. The van der Waals surface area contributed by atoms with E-state index in [2.05, 4.69) is 20.9 Å². The van der Waals surface area contributed by atoms with Crippen LogP contribution in [0.4, 0.5) is 0 Å². The highest BCUT2D eigenvalue weighted by Crippen LogP contribution is 2.23. The van der Waals surface area contributed by atoms with E-state index in [4.69, 9.17) is 9.47 Å². The summed E-state index contributed by atoms with van der Waals surface area (Å²) in [5, 5.41) is 4.45. The van der Waals surface area contributed by atoms with Gasteiger partial charge in [0, 0.05) is 39.3 Å². The summed E-state index contributed by atoms with van der Waals surface area (Å²) in [7, 11) is 3.43. The van der Waals surface area contributed by atoms with Crippen LogP contribution in [0, 0.1) is 0 Å². The standard InChI is InChI=1S/C14H21N3O2S/c1-18-8-6-15-11-12-14(20-10-9-19-2)16-13-5-3-4-7-17(12)13/h3-5,7,15H,6,8-11H2,1-2H3. The molecule has 0 aromatic carbocycles. The first-order valence-corrected chi connectivity index (χ1v) is 7.62. The van der Waals surface area contributed by atoms with Gasteiger partial charge in [-0.3, -0.25) is 0 Å². The molecule has 0 radical (unpaired) electrons. The van der Waals surface area contributed by atoms with Gasteiger partial charge in [0.2, 0.25) is 0 Å². The first-order chi connectivity index (χ1) is 9.86. The van der Waals surface area contributed by atoms with Crippen molar-refractivity contribution in [3.05, 3.63) is 30.1 Å². The number of pyridine rings is 1. The molecular weight excluding hydrogens is 274 g/mol. The average Bonchev–Trinajstić information content (AvgIpc) is 2.82. The third kappa shape index (κ3) is 3.96. The fourth-order valence-electron chi connectivity index (χ4n) is 1.90. The van der Waals surface area contributed by atoms with Gasteiger partial charge in [0.15, 0.2) is 0 Å². The molecule has 2 aromatic heterocycles. The van der Waals surface area contributed by atoms with Crippen molar-refractivity contribution >= 4 is 17.4 Å². The number of thioether (sulfide) groups is 1. The van der Waals surface area contributed by atoms with E-state index in [0.717, 1.165) is 36.1 Å². The fourth-order valence-corrected chi connectivity index (χ4v) is 2.84. The molecule has 0 saturated heterocycles. The second-order valence-corrected chi connectivity index (χ2v) is 5.39. The minimum Gasteiger partial charge on any atom is -0.384 e. The van der Waals surface area contributed by atoms with E-state index in [9.17, 15) is 0 Å². The maximum absolute atomic E-state index is 5.10. The lowest BCUT2D eigenvalue weighted by molar-refractivity contribution is 0.199. The maximum atomic E-state index is 5.10. The van der Waals surface area contributed by atoms with Gasteiger partial charge in [-0.25, -0.2) is 4.98 Å². The molecule has 0 saturated carbocycles. The quantitative estimate of drug-likeness (QED) is 0.565. The summed E-state index contributed by atoms with van der Waals surface area (Å²) >= 11 is 1.73. The van der Waals surface area contributed by atoms with Crippen LogP contribution in [0.15, 0.2) is 29.4 Å². The van der Waals surface area contributed by atoms with Gasteiger partial charge in [-0.15, -0.1) is 11.8 Å². The first kappa shape index (κ1) is 15.3. The largest absolute Gasteiger partial charge is 0.384 e. The molecular formula is C14H21N3O2S. The number of hydrogen-bond donors (Lipinski definition) is 1. The molecule has 0 fully saturated rings. The molecule has 0 amide bonds. The molecule has 6 heteroatoms. The van der Waals surface area contributed by atoms with Crippen molar-refractivity contribution in [1.82, 2.24) is 14.7 Å². The lowest BCUT2D eigenvalue weighted by Gasteiger charge is -2.06. The van der Waals surface area contributed by atoms with E-state index in [0.29, 0.717) is 6.61 Å². The molecule has 0 aliphatic heterocycles. The summed E-state index contributed by atoms with van der Waals surface area (Å²) in [5.74, 6) is 0.908. The van der Waals surface area contributed by atoms with E-state index in [1.807, 2.05) is 18.2 Å². The summed E-state index contributed by atoms with van der Waals surface area (Å²) in [6.07, 6.45) is 2.05. The summed E-state index contributed by atoms with van der Waals surface area (Å²) < 4.78 is 12.3. The molecule has 0 atom stereocenters. The van der Waals surface area contributed by atoms with Gasteiger partial charge in [0.1, 0.15) is 10.7 Å². The van der Waals surface area contributed by atoms with Gasteiger partial charge in [0.05, 0.1) is 18.9 Å². The normalized spacial score (nSPS) is 11.3. The number of aromatic nitrogens is 2. The number of imidazole rings is 1. The van der Waals surface area contributed by atoms with Gasteiger partial charge in [-0.05, 0) is 12.1 Å². The van der Waals surface area contributed by atoms with Crippen molar-refractivity contribution < 1.29 is 9.47 Å². The molecule has 0 unspecified atom stereocenters. The van der Waals surface area contributed by atoms with Crippen LogP contribution in [0.5, 0.6) is 0 Å². The second-order valence-electron chi connectivity index (χ2n) is 4.30. The zero-order valence-electron chi connectivity index (χ0n) is 12.0. The zero-order chi connectivity index (χ0) is 14.2. The molecule has 2 rings (SSSR count). The van der Waals surface area contributed by atoms with Crippen molar-refractivity contribution in [2.45, 2.75) is 11.6 Å². The van der Waals surface area contributed by atoms with E-state index in [1.165, 1.54) is 5.69 Å². The van der Waals surface area contributed by atoms with E-state index < -0.39 is 0 Å². The minimum absolute atomic E-state index is 0.711. The molecule has 2 heterocycles. The second kappa shape index (κ2) is 8.26. The Hall–Kier alpha value is -1.08. The van der Waals surface area contributed by atoms with Crippen LogP contribution in [0.25, 0.3) is 5.65 Å². The van der Waals surface area contributed by atoms with Crippen molar-refractivity contribution in [2.75, 3.05) is 39.7 Å². The number of nitrogens with zero attached hydrogens (tertiary/aromatic N) is 2. The lowest BCUT2D eigenvalue weighted by Crippen LogP contribution is -2.19. The fraction of sp³-hybridized carbons (Fsp3) is 0.500. The van der Waals surface area contributed by atoms with Crippen LogP contribution in [-0.2, 0) is 16.0 Å². The Morgan fingerprint density at radius 2 is 2.10 bits per heavy atom. The maximum Gasteiger partial charge on any atom is 0.138 e. The average molecular weight is 295 g/mol. The van der Waals surface area contributed by atoms with Gasteiger partial charge >= 0.3 is 0 Å². The van der Waals surface area contributed by atoms with Crippen molar-refractivity contribution in [3.8, 4) is 0 Å². The SMILES string of the molecule is COCCNCc1c(SCCOC)nc2ccccn12. The highest BCUT2D eigenvalue weighted by molar-refractivity contribution is 7.99. The Morgan fingerprint density at radius 1 is 1.25 bits per heavy atom. The molecule has 0 spiro atoms. The molecule has 20 heavy (non-hydrogen) atoms. The van der Waals surface area contributed by atoms with Crippen LogP contribution in [0.3, 0.4) is 0 Å². The smallest absolute Gasteiger partial charge is 0.138 e. The van der Waals surface area contributed by atoms with E-state index in [1.54, 1.807) is 26.0 Å². The van der Waals surface area contributed by atoms with Crippen molar-refractivity contribution in [2.24, 2.45) is 0 Å². The highest BCUT2D eigenvalue weighted by atomic mass is 32.2. The zero-order valence-corrected chi connectivity index (χ0v) is 12.8. The van der Waals surface area contributed by atoms with Gasteiger partial charge in [-0.1, -0.05) is 6.07 Å². The predicted octanol–water partition coefficient (Wildman–Crippen LogP) is 1.81. The number of hydrogen-bond acceptors (Lipinski definition) is 5. The first-order valence-electron chi connectivity index (χ1n) is 6.64. The summed E-state index contributed by atoms with van der Waals surface area (Å²) in [6, 6.07) is 6.06. The summed E-state index contributed by atoms with van der Waals surface area (Å²) in [6.45, 7) is 3.06. The molecule has 0 aliphatic rings. The van der Waals surface area contributed by atoms with E-state index in [-0.39, 0.29) is 0 Å². The molecule has 1 N–H and O–H groups in total. The number of fused-ring (bicyclic) bond motifs is 1. The lowest BCUT2D eigenvalue weighted by atomic mass is 10.4. The number of methoxy groups -OCH3 is 2. The predicted molar refractivity (Wildman–Crippen MR) is 81.4 cm³/mol. The highest BCUT2D eigenvalue weighted by Gasteiger charge is 2.11. The topological polar surface area (TPSA) is 47.8 Å². The molecule has 0 aliphatic carbocycles. The van der Waals surface area contributed by atoms with Crippen LogP contribution >= 0.6 is 11.8 Å². The Kier molecular flexibility index (Phi) is 6.32. The van der Waals surface area contributed by atoms with Gasteiger partial charge in [-0.2, -0.15) is 0 Å². The van der Waals surface area contributed by atoms with Crippen molar-refractivity contribution in [3.63, 3.8) is 0 Å². The van der Waals surface area contributed by atoms with Crippen LogP contribution in [0.2, 0.25) is 0 Å². The van der Waals surface area contributed by atoms with Gasteiger partial charge in [0.25, 0.3) is 0 Å².